The van der Waals surface area contributed by atoms with Gasteiger partial charge in [0.15, 0.2) is 9.84 Å². The molecule has 1 fully saturated rings. The Kier molecular flexibility index (Phi) is 6.45. The van der Waals surface area contributed by atoms with Crippen LogP contribution in [0.3, 0.4) is 0 Å². The van der Waals surface area contributed by atoms with Crippen LogP contribution in [-0.4, -0.2) is 24.7 Å². The van der Waals surface area contributed by atoms with Crippen molar-refractivity contribution < 1.29 is 13.2 Å². The first kappa shape index (κ1) is 21.3. The van der Waals surface area contributed by atoms with Crippen molar-refractivity contribution in [2.24, 2.45) is 11.8 Å². The normalized spacial score (nSPS) is 20.8. The summed E-state index contributed by atoms with van der Waals surface area (Å²) in [5.74, 6) is 0.812. The Hall–Kier alpha value is -1.46. The lowest BCUT2D eigenvalue weighted by molar-refractivity contribution is -0.123. The van der Waals surface area contributed by atoms with E-state index in [4.69, 9.17) is 0 Å². The fourth-order valence-corrected chi connectivity index (χ4v) is 5.97. The monoisotopic (exact) mass is 418 g/mol. The first-order valence-electron chi connectivity index (χ1n) is 10.0. The van der Waals surface area contributed by atoms with Gasteiger partial charge in [0.2, 0.25) is 0 Å². The largest absolute Gasteiger partial charge is 0.299 e. The molecular formula is C23H30O3S2. The lowest BCUT2D eigenvalue weighted by Gasteiger charge is -2.30. The van der Waals surface area contributed by atoms with Gasteiger partial charge in [0, 0.05) is 17.2 Å². The molecule has 28 heavy (non-hydrogen) atoms. The molecule has 0 atom stereocenters. The molecule has 0 N–H and O–H groups in total. The Morgan fingerprint density at radius 2 is 1.68 bits per heavy atom. The van der Waals surface area contributed by atoms with Crippen LogP contribution in [-0.2, 0) is 21.1 Å². The van der Waals surface area contributed by atoms with Gasteiger partial charge in [0.25, 0.3) is 0 Å². The molecule has 0 aliphatic heterocycles. The minimum absolute atomic E-state index is 0.0746. The van der Waals surface area contributed by atoms with Gasteiger partial charge in [-0.1, -0.05) is 30.3 Å². The summed E-state index contributed by atoms with van der Waals surface area (Å²) in [6.45, 7) is 5.30. The molecule has 2 aromatic rings. The van der Waals surface area contributed by atoms with Gasteiger partial charge in [-0.05, 0) is 74.9 Å². The van der Waals surface area contributed by atoms with Crippen molar-refractivity contribution in [2.45, 2.75) is 57.6 Å². The Balaban J connectivity index is 1.51. The number of carbonyl (C=O) groups is 1. The van der Waals surface area contributed by atoms with Crippen LogP contribution in [0, 0.1) is 11.8 Å². The van der Waals surface area contributed by atoms with Crippen LogP contribution in [0.4, 0.5) is 0 Å². The number of ketones is 1. The lowest BCUT2D eigenvalue weighted by atomic mass is 9.79. The van der Waals surface area contributed by atoms with E-state index >= 15 is 0 Å². The summed E-state index contributed by atoms with van der Waals surface area (Å²) < 4.78 is 24.1. The minimum atomic E-state index is -3.09. The number of hydrogen-bond donors (Lipinski definition) is 0. The predicted molar refractivity (Wildman–Crippen MR) is 117 cm³/mol. The highest BCUT2D eigenvalue weighted by atomic mass is 32.2. The van der Waals surface area contributed by atoms with E-state index < -0.39 is 14.6 Å². The van der Waals surface area contributed by atoms with E-state index in [1.165, 1.54) is 10.4 Å². The molecule has 5 heteroatoms. The quantitative estimate of drug-likeness (QED) is 0.618. The van der Waals surface area contributed by atoms with E-state index in [1.807, 2.05) is 6.07 Å². The molecule has 0 bridgehead atoms. The molecule has 3 nitrogen and oxygen atoms in total. The Labute approximate surface area is 173 Å². The van der Waals surface area contributed by atoms with Crippen LogP contribution in [0.5, 0.6) is 0 Å². The molecule has 0 spiro atoms. The fourth-order valence-electron chi connectivity index (χ4n) is 3.79. The fraction of sp³-hybridized carbons (Fsp3) is 0.522. The zero-order valence-electron chi connectivity index (χ0n) is 17.0. The van der Waals surface area contributed by atoms with Crippen molar-refractivity contribution in [2.75, 3.05) is 5.75 Å². The van der Waals surface area contributed by atoms with E-state index in [1.54, 1.807) is 32.1 Å². The molecule has 1 aliphatic rings. The minimum Gasteiger partial charge on any atom is -0.299 e. The second-order valence-corrected chi connectivity index (χ2v) is 12.7. The molecule has 1 aliphatic carbocycles. The number of benzene rings is 1. The van der Waals surface area contributed by atoms with Crippen LogP contribution < -0.4 is 0 Å². The highest BCUT2D eigenvalue weighted by Crippen LogP contribution is 2.33. The lowest BCUT2D eigenvalue weighted by Crippen LogP contribution is -2.35. The zero-order valence-corrected chi connectivity index (χ0v) is 18.6. The summed E-state index contributed by atoms with van der Waals surface area (Å²) in [5.41, 5.74) is 2.24. The van der Waals surface area contributed by atoms with Crippen LogP contribution in [0.25, 0.3) is 10.4 Å². The summed E-state index contributed by atoms with van der Waals surface area (Å²) in [4.78, 5) is 14.0. The van der Waals surface area contributed by atoms with Crippen molar-refractivity contribution in [3.05, 3.63) is 47.3 Å². The number of Topliss-reactive ketones (excluding diaryl/α,β-unsaturated/α-hetero) is 1. The van der Waals surface area contributed by atoms with Gasteiger partial charge in [-0.2, -0.15) is 0 Å². The number of sulfone groups is 1. The summed E-state index contributed by atoms with van der Waals surface area (Å²) in [6, 6.07) is 12.4. The maximum Gasteiger partial charge on any atom is 0.155 e. The standard InChI is InChI=1S/C23H30O3S2/c1-23(2,3)28(25,26)16-18-8-10-19(11-9-18)21(24)15-17-6-12-20(13-7-17)22-5-4-14-27-22/h4-7,12-14,18-19H,8-11,15-16H2,1-3H3. The summed E-state index contributed by atoms with van der Waals surface area (Å²) in [6.07, 6.45) is 3.78. The van der Waals surface area contributed by atoms with Gasteiger partial charge in [0.1, 0.15) is 5.78 Å². The Morgan fingerprint density at radius 1 is 1.04 bits per heavy atom. The molecule has 0 amide bonds. The summed E-state index contributed by atoms with van der Waals surface area (Å²) >= 11 is 1.71. The average molecular weight is 419 g/mol. The molecule has 1 aromatic heterocycles. The third kappa shape index (κ3) is 5.12. The van der Waals surface area contributed by atoms with Gasteiger partial charge in [-0.15, -0.1) is 11.3 Å². The number of hydrogen-bond acceptors (Lipinski definition) is 4. The van der Waals surface area contributed by atoms with Crippen molar-refractivity contribution in [1.82, 2.24) is 0 Å². The molecule has 1 saturated carbocycles. The first-order chi connectivity index (χ1) is 13.2. The SMILES string of the molecule is CC(C)(C)S(=O)(=O)CC1CCC(C(=O)Cc2ccc(-c3cccs3)cc2)CC1. The molecular weight excluding hydrogens is 388 g/mol. The molecule has 3 rings (SSSR count). The van der Waals surface area contributed by atoms with Gasteiger partial charge >= 0.3 is 0 Å². The van der Waals surface area contributed by atoms with Crippen molar-refractivity contribution in [3.63, 3.8) is 0 Å². The van der Waals surface area contributed by atoms with Gasteiger partial charge in [-0.3, -0.25) is 4.79 Å². The topological polar surface area (TPSA) is 51.2 Å². The van der Waals surface area contributed by atoms with Gasteiger partial charge < -0.3 is 0 Å². The van der Waals surface area contributed by atoms with Crippen LogP contribution >= 0.6 is 11.3 Å². The zero-order chi connectivity index (χ0) is 20.4. The van der Waals surface area contributed by atoms with Gasteiger partial charge in [0.05, 0.1) is 10.5 Å². The number of thiophene rings is 1. The molecule has 1 heterocycles. The molecule has 1 aromatic carbocycles. The Bertz CT molecular complexity index is 880. The molecule has 0 radical (unpaired) electrons. The molecule has 0 saturated heterocycles. The van der Waals surface area contributed by atoms with Crippen LogP contribution in [0.2, 0.25) is 0 Å². The number of carbonyl (C=O) groups excluding carboxylic acids is 1. The van der Waals surface area contributed by atoms with E-state index in [-0.39, 0.29) is 17.6 Å². The van der Waals surface area contributed by atoms with E-state index in [0.717, 1.165) is 31.2 Å². The van der Waals surface area contributed by atoms with Crippen molar-refractivity contribution in [3.8, 4) is 10.4 Å². The highest BCUT2D eigenvalue weighted by molar-refractivity contribution is 7.92. The van der Waals surface area contributed by atoms with E-state index in [0.29, 0.717) is 12.2 Å². The van der Waals surface area contributed by atoms with Crippen molar-refractivity contribution in [1.29, 1.82) is 0 Å². The third-order valence-corrected chi connectivity index (χ3v) is 9.52. The van der Waals surface area contributed by atoms with E-state index in [2.05, 4.69) is 35.7 Å². The number of rotatable bonds is 6. The van der Waals surface area contributed by atoms with Gasteiger partial charge in [-0.25, -0.2) is 8.42 Å². The first-order valence-corrected chi connectivity index (χ1v) is 12.6. The second kappa shape index (κ2) is 8.50. The summed E-state index contributed by atoms with van der Waals surface area (Å²) in [7, 11) is -3.09. The van der Waals surface area contributed by atoms with Crippen LogP contribution in [0.1, 0.15) is 52.0 Å². The predicted octanol–water partition coefficient (Wildman–Crippen LogP) is 5.55. The second-order valence-electron chi connectivity index (χ2n) is 8.93. The highest BCUT2D eigenvalue weighted by Gasteiger charge is 2.34. The maximum absolute atomic E-state index is 12.7. The third-order valence-electron chi connectivity index (χ3n) is 5.83. The van der Waals surface area contributed by atoms with E-state index in [9.17, 15) is 13.2 Å². The van der Waals surface area contributed by atoms with Crippen LogP contribution in [0.15, 0.2) is 41.8 Å². The smallest absolute Gasteiger partial charge is 0.155 e. The van der Waals surface area contributed by atoms with Crippen molar-refractivity contribution >= 4 is 27.0 Å². The molecule has 0 unspecified atom stereocenters. The average Bonchev–Trinajstić information content (AvgIpc) is 3.16. The Morgan fingerprint density at radius 3 is 2.21 bits per heavy atom. The summed E-state index contributed by atoms with van der Waals surface area (Å²) in [5, 5.41) is 2.07. The maximum atomic E-state index is 12.7. The molecule has 152 valence electrons.